The smallest absolute Gasteiger partial charge is 0.227 e. The summed E-state index contributed by atoms with van der Waals surface area (Å²) >= 11 is 13.6. The van der Waals surface area contributed by atoms with Crippen molar-refractivity contribution in [2.24, 2.45) is 0 Å². The summed E-state index contributed by atoms with van der Waals surface area (Å²) in [6.45, 7) is 2.47. The number of pyridine rings is 1. The molecule has 0 saturated carbocycles. The molecular formula is C16H20Cl2N4OS. The summed E-state index contributed by atoms with van der Waals surface area (Å²) in [7, 11) is 0. The van der Waals surface area contributed by atoms with Gasteiger partial charge in [-0.2, -0.15) is 16.9 Å². The van der Waals surface area contributed by atoms with Gasteiger partial charge in [0.05, 0.1) is 18.1 Å². The molecular weight excluding hydrogens is 367 g/mol. The van der Waals surface area contributed by atoms with E-state index in [1.807, 2.05) is 19.1 Å². The molecule has 0 bridgehead atoms. The molecule has 2 heterocycles. The van der Waals surface area contributed by atoms with Crippen molar-refractivity contribution in [2.45, 2.75) is 19.8 Å². The van der Waals surface area contributed by atoms with Crippen LogP contribution in [0.5, 0.6) is 0 Å². The van der Waals surface area contributed by atoms with Crippen LogP contribution in [0.25, 0.3) is 5.69 Å². The number of rotatable bonds is 9. The van der Waals surface area contributed by atoms with E-state index < -0.39 is 0 Å². The fraction of sp³-hybridized carbons (Fsp3) is 0.438. The van der Waals surface area contributed by atoms with Gasteiger partial charge in [-0.25, -0.2) is 4.68 Å². The Labute approximate surface area is 156 Å². The zero-order valence-electron chi connectivity index (χ0n) is 13.5. The van der Waals surface area contributed by atoms with Gasteiger partial charge < -0.3 is 4.90 Å². The Bertz CT molecular complexity index is 651. The minimum atomic E-state index is 0.0449. The fourth-order valence-corrected chi connectivity index (χ4v) is 3.58. The second-order valence-corrected chi connectivity index (χ2v) is 6.96. The quantitative estimate of drug-likeness (QED) is 0.482. The summed E-state index contributed by atoms with van der Waals surface area (Å²) < 4.78 is 1.63. The largest absolute Gasteiger partial charge is 0.308 e. The average Bonchev–Trinajstić information content (AvgIpc) is 2.98. The molecule has 0 fully saturated rings. The lowest BCUT2D eigenvalue weighted by molar-refractivity contribution is -0.118. The number of thioether (sulfide) groups is 1. The van der Waals surface area contributed by atoms with Gasteiger partial charge in [-0.3, -0.25) is 9.78 Å². The van der Waals surface area contributed by atoms with Gasteiger partial charge in [0.25, 0.3) is 0 Å². The highest BCUT2D eigenvalue weighted by Crippen LogP contribution is 2.26. The van der Waals surface area contributed by atoms with E-state index in [1.165, 1.54) is 0 Å². The summed E-state index contributed by atoms with van der Waals surface area (Å²) in [5.74, 6) is 2.46. The molecule has 5 nitrogen and oxygen atoms in total. The van der Waals surface area contributed by atoms with Gasteiger partial charge in [0.1, 0.15) is 5.69 Å². The number of aromatic nitrogens is 3. The summed E-state index contributed by atoms with van der Waals surface area (Å²) in [4.78, 5) is 18.2. The molecule has 0 radical (unpaired) electrons. The third-order valence-corrected chi connectivity index (χ3v) is 4.96. The first kappa shape index (κ1) is 19.1. The normalized spacial score (nSPS) is 10.8. The molecule has 0 spiro atoms. The van der Waals surface area contributed by atoms with Crippen LogP contribution >= 0.6 is 35.0 Å². The van der Waals surface area contributed by atoms with Crippen LogP contribution in [0.3, 0.4) is 0 Å². The first-order valence-electron chi connectivity index (χ1n) is 7.77. The molecule has 130 valence electrons. The number of amides is 1. The van der Waals surface area contributed by atoms with Crippen molar-refractivity contribution in [1.82, 2.24) is 14.8 Å². The number of anilines is 1. The molecule has 8 heteroatoms. The number of carbonyl (C=O) groups is 1. The molecule has 24 heavy (non-hydrogen) atoms. The van der Waals surface area contributed by atoms with Crippen LogP contribution in [-0.2, 0) is 4.79 Å². The molecule has 0 aliphatic carbocycles. The van der Waals surface area contributed by atoms with Crippen LogP contribution in [0.4, 0.5) is 5.69 Å². The number of hydrogen-bond donors (Lipinski definition) is 0. The van der Waals surface area contributed by atoms with Gasteiger partial charge in [-0.15, -0.1) is 11.6 Å². The Hall–Kier alpha value is -1.24. The van der Waals surface area contributed by atoms with E-state index in [0.29, 0.717) is 29.7 Å². The van der Waals surface area contributed by atoms with E-state index in [4.69, 9.17) is 23.2 Å². The van der Waals surface area contributed by atoms with Gasteiger partial charge >= 0.3 is 0 Å². The summed E-state index contributed by atoms with van der Waals surface area (Å²) in [5, 5.41) is 4.59. The fourth-order valence-electron chi connectivity index (χ4n) is 2.18. The van der Waals surface area contributed by atoms with E-state index in [1.54, 1.807) is 39.9 Å². The number of nitrogens with zero attached hydrogens (tertiary/aromatic N) is 4. The van der Waals surface area contributed by atoms with Crippen molar-refractivity contribution in [1.29, 1.82) is 0 Å². The molecule has 1 amide bonds. The molecule has 2 aromatic rings. The molecule has 2 aromatic heterocycles. The molecule has 0 atom stereocenters. The lowest BCUT2D eigenvalue weighted by Gasteiger charge is -2.19. The Morgan fingerprint density at radius 3 is 2.92 bits per heavy atom. The molecule has 2 rings (SSSR count). The van der Waals surface area contributed by atoms with E-state index in [2.05, 4.69) is 10.1 Å². The predicted octanol–water partition coefficient (Wildman–Crippen LogP) is 4.03. The van der Waals surface area contributed by atoms with Crippen LogP contribution in [0.15, 0.2) is 30.7 Å². The third-order valence-electron chi connectivity index (χ3n) is 3.35. The second kappa shape index (κ2) is 9.91. The van der Waals surface area contributed by atoms with Gasteiger partial charge in [0, 0.05) is 30.8 Å². The average molecular weight is 387 g/mol. The maximum absolute atomic E-state index is 12.5. The zero-order chi connectivity index (χ0) is 17.4. The zero-order valence-corrected chi connectivity index (χ0v) is 15.8. The second-order valence-electron chi connectivity index (χ2n) is 5.00. The summed E-state index contributed by atoms with van der Waals surface area (Å²) in [6, 6.07) is 3.71. The van der Waals surface area contributed by atoms with Gasteiger partial charge in [0.2, 0.25) is 5.91 Å². The van der Waals surface area contributed by atoms with Crippen LogP contribution in [-0.4, -0.2) is 44.6 Å². The van der Waals surface area contributed by atoms with Gasteiger partial charge in [0.15, 0.2) is 5.15 Å². The first-order valence-corrected chi connectivity index (χ1v) is 9.83. The van der Waals surface area contributed by atoms with Gasteiger partial charge in [-0.05, 0) is 31.2 Å². The molecule has 0 N–H and O–H groups in total. The molecule has 0 saturated heterocycles. The van der Waals surface area contributed by atoms with Gasteiger partial charge in [-0.1, -0.05) is 11.6 Å². The lowest BCUT2D eigenvalue weighted by Crippen LogP contribution is -2.30. The molecule has 0 aliphatic heterocycles. The van der Waals surface area contributed by atoms with Crippen molar-refractivity contribution in [3.05, 3.63) is 35.9 Å². The standard InChI is InChI=1S/C16H20Cl2N4OS/c1-2-21(15(23)6-10-24-9-4-7-17)14-12-22(20-16(14)18)13-5-3-8-19-11-13/h3,5,8,11-12H,2,4,6-7,9-10H2,1H3. The topological polar surface area (TPSA) is 51.0 Å². The Balaban J connectivity index is 2.04. The minimum Gasteiger partial charge on any atom is -0.308 e. The molecule has 0 unspecified atom stereocenters. The van der Waals surface area contributed by atoms with E-state index >= 15 is 0 Å². The van der Waals surface area contributed by atoms with Crippen LogP contribution in [0, 0.1) is 0 Å². The van der Waals surface area contributed by atoms with Crippen LogP contribution in [0.1, 0.15) is 19.8 Å². The number of halogens is 2. The van der Waals surface area contributed by atoms with Crippen molar-refractivity contribution in [2.75, 3.05) is 28.8 Å². The molecule has 0 aliphatic rings. The monoisotopic (exact) mass is 386 g/mol. The Morgan fingerprint density at radius 2 is 2.25 bits per heavy atom. The maximum atomic E-state index is 12.5. The van der Waals surface area contributed by atoms with Crippen molar-refractivity contribution < 1.29 is 4.79 Å². The highest BCUT2D eigenvalue weighted by atomic mass is 35.5. The van der Waals surface area contributed by atoms with Crippen molar-refractivity contribution in [3.8, 4) is 5.69 Å². The van der Waals surface area contributed by atoms with Crippen LogP contribution in [0.2, 0.25) is 5.15 Å². The van der Waals surface area contributed by atoms with E-state index in [0.717, 1.165) is 23.6 Å². The Kier molecular flexibility index (Phi) is 7.88. The highest BCUT2D eigenvalue weighted by molar-refractivity contribution is 7.99. The first-order chi connectivity index (χ1) is 11.7. The van der Waals surface area contributed by atoms with Crippen molar-refractivity contribution in [3.63, 3.8) is 0 Å². The maximum Gasteiger partial charge on any atom is 0.227 e. The number of carbonyl (C=O) groups excluding carboxylic acids is 1. The molecule has 0 aromatic carbocycles. The highest BCUT2D eigenvalue weighted by Gasteiger charge is 2.20. The number of alkyl halides is 1. The summed E-state index contributed by atoms with van der Waals surface area (Å²) in [5.41, 5.74) is 1.42. The lowest BCUT2D eigenvalue weighted by atomic mass is 10.3. The third kappa shape index (κ3) is 5.13. The summed E-state index contributed by atoms with van der Waals surface area (Å²) in [6.07, 6.45) is 6.58. The van der Waals surface area contributed by atoms with Crippen molar-refractivity contribution >= 4 is 46.6 Å². The SMILES string of the molecule is CCN(C(=O)CCSCCCCl)c1cn(-c2cccnc2)nc1Cl. The predicted molar refractivity (Wildman–Crippen MR) is 102 cm³/mol. The van der Waals surface area contributed by atoms with E-state index in [-0.39, 0.29) is 5.91 Å². The van der Waals surface area contributed by atoms with Crippen LogP contribution < -0.4 is 4.90 Å². The Morgan fingerprint density at radius 1 is 1.42 bits per heavy atom. The minimum absolute atomic E-state index is 0.0449. The number of hydrogen-bond acceptors (Lipinski definition) is 4. The van der Waals surface area contributed by atoms with E-state index in [9.17, 15) is 4.79 Å².